The van der Waals surface area contributed by atoms with Crippen LogP contribution >= 0.6 is 0 Å². The molecule has 1 aromatic rings. The minimum absolute atomic E-state index is 0.117. The average Bonchev–Trinajstić information content (AvgIpc) is 2.31. The molecular formula is C14H22N2O. The highest BCUT2D eigenvalue weighted by Crippen LogP contribution is 2.19. The second kappa shape index (κ2) is 5.82. The van der Waals surface area contributed by atoms with Crippen molar-refractivity contribution >= 4 is 11.6 Å². The SMILES string of the molecule is Cc1ccc(N(C)C(=O)CC(C)CN)cc1C. The molecule has 0 aliphatic rings. The molecule has 3 heteroatoms. The van der Waals surface area contributed by atoms with E-state index in [0.29, 0.717) is 13.0 Å². The van der Waals surface area contributed by atoms with E-state index in [-0.39, 0.29) is 11.8 Å². The second-order valence-corrected chi connectivity index (χ2v) is 4.77. The van der Waals surface area contributed by atoms with Crippen LogP contribution in [0.4, 0.5) is 5.69 Å². The topological polar surface area (TPSA) is 46.3 Å². The summed E-state index contributed by atoms with van der Waals surface area (Å²) in [5.74, 6) is 0.350. The Morgan fingerprint density at radius 2 is 2.00 bits per heavy atom. The highest BCUT2D eigenvalue weighted by atomic mass is 16.2. The Labute approximate surface area is 104 Å². The van der Waals surface area contributed by atoms with Crippen LogP contribution in [-0.2, 0) is 4.79 Å². The van der Waals surface area contributed by atoms with Crippen LogP contribution in [0.15, 0.2) is 18.2 Å². The Bertz CT molecular complexity index is 401. The Kier molecular flexibility index (Phi) is 4.70. The monoisotopic (exact) mass is 234 g/mol. The summed E-state index contributed by atoms with van der Waals surface area (Å²) >= 11 is 0. The van der Waals surface area contributed by atoms with E-state index in [9.17, 15) is 4.79 Å². The third-order valence-corrected chi connectivity index (χ3v) is 3.18. The van der Waals surface area contributed by atoms with Gasteiger partial charge in [-0.3, -0.25) is 4.79 Å². The molecule has 1 aromatic carbocycles. The summed E-state index contributed by atoms with van der Waals surface area (Å²) in [6.45, 7) is 6.66. The van der Waals surface area contributed by atoms with E-state index >= 15 is 0 Å². The van der Waals surface area contributed by atoms with E-state index < -0.39 is 0 Å². The summed E-state index contributed by atoms with van der Waals surface area (Å²) in [7, 11) is 1.82. The number of rotatable bonds is 4. The van der Waals surface area contributed by atoms with Crippen molar-refractivity contribution in [2.45, 2.75) is 27.2 Å². The van der Waals surface area contributed by atoms with Crippen LogP contribution in [0.1, 0.15) is 24.5 Å². The number of amides is 1. The predicted octanol–water partition coefficient (Wildman–Crippen LogP) is 2.25. The lowest BCUT2D eigenvalue weighted by atomic mass is 10.1. The van der Waals surface area contributed by atoms with Gasteiger partial charge < -0.3 is 10.6 Å². The van der Waals surface area contributed by atoms with E-state index in [1.165, 1.54) is 11.1 Å². The molecule has 94 valence electrons. The van der Waals surface area contributed by atoms with Crippen LogP contribution in [-0.4, -0.2) is 19.5 Å². The summed E-state index contributed by atoms with van der Waals surface area (Å²) in [4.78, 5) is 13.7. The molecule has 1 amide bonds. The molecule has 1 unspecified atom stereocenters. The molecule has 1 atom stereocenters. The van der Waals surface area contributed by atoms with Crippen molar-refractivity contribution in [3.63, 3.8) is 0 Å². The zero-order chi connectivity index (χ0) is 13.0. The molecule has 0 aromatic heterocycles. The van der Waals surface area contributed by atoms with Gasteiger partial charge in [-0.2, -0.15) is 0 Å². The lowest BCUT2D eigenvalue weighted by molar-refractivity contribution is -0.119. The maximum Gasteiger partial charge on any atom is 0.227 e. The minimum Gasteiger partial charge on any atom is -0.330 e. The molecular weight excluding hydrogens is 212 g/mol. The molecule has 17 heavy (non-hydrogen) atoms. The molecule has 0 spiro atoms. The van der Waals surface area contributed by atoms with E-state index in [1.54, 1.807) is 4.90 Å². The Balaban J connectivity index is 2.78. The van der Waals surface area contributed by atoms with Gasteiger partial charge in [0.1, 0.15) is 0 Å². The average molecular weight is 234 g/mol. The number of nitrogens with zero attached hydrogens (tertiary/aromatic N) is 1. The second-order valence-electron chi connectivity index (χ2n) is 4.77. The van der Waals surface area contributed by atoms with E-state index in [4.69, 9.17) is 5.73 Å². The molecule has 0 aliphatic heterocycles. The van der Waals surface area contributed by atoms with Crippen LogP contribution in [0.2, 0.25) is 0 Å². The van der Waals surface area contributed by atoms with Gasteiger partial charge in [0.05, 0.1) is 0 Å². The fourth-order valence-electron chi connectivity index (χ4n) is 1.60. The van der Waals surface area contributed by atoms with Crippen LogP contribution in [0.5, 0.6) is 0 Å². The molecule has 0 radical (unpaired) electrons. The Morgan fingerprint density at radius 1 is 1.35 bits per heavy atom. The number of hydrogen-bond acceptors (Lipinski definition) is 2. The Hall–Kier alpha value is -1.35. The van der Waals surface area contributed by atoms with Gasteiger partial charge in [0.15, 0.2) is 0 Å². The molecule has 0 aliphatic carbocycles. The summed E-state index contributed by atoms with van der Waals surface area (Å²) in [6, 6.07) is 6.06. The van der Waals surface area contributed by atoms with Gasteiger partial charge in [0.2, 0.25) is 5.91 Å². The summed E-state index contributed by atoms with van der Waals surface area (Å²) in [5, 5.41) is 0. The van der Waals surface area contributed by atoms with Gasteiger partial charge in [0, 0.05) is 19.2 Å². The number of anilines is 1. The number of hydrogen-bond donors (Lipinski definition) is 1. The highest BCUT2D eigenvalue weighted by molar-refractivity contribution is 5.93. The number of carbonyl (C=O) groups excluding carboxylic acids is 1. The van der Waals surface area contributed by atoms with Crippen LogP contribution < -0.4 is 10.6 Å². The lowest BCUT2D eigenvalue weighted by Gasteiger charge is -2.20. The van der Waals surface area contributed by atoms with Gasteiger partial charge in [-0.15, -0.1) is 0 Å². The van der Waals surface area contributed by atoms with Gasteiger partial charge in [0.25, 0.3) is 0 Å². The van der Waals surface area contributed by atoms with Crippen molar-refractivity contribution in [3.8, 4) is 0 Å². The third kappa shape index (κ3) is 3.56. The predicted molar refractivity (Wildman–Crippen MR) is 72.2 cm³/mol. The molecule has 0 saturated carbocycles. The molecule has 0 saturated heterocycles. The zero-order valence-corrected chi connectivity index (χ0v) is 11.2. The van der Waals surface area contributed by atoms with E-state index in [2.05, 4.69) is 13.8 Å². The van der Waals surface area contributed by atoms with Crippen molar-refractivity contribution in [1.29, 1.82) is 0 Å². The van der Waals surface area contributed by atoms with E-state index in [0.717, 1.165) is 5.69 Å². The van der Waals surface area contributed by atoms with Crippen LogP contribution in [0.3, 0.4) is 0 Å². The molecule has 0 bridgehead atoms. The maximum absolute atomic E-state index is 12.0. The maximum atomic E-state index is 12.0. The third-order valence-electron chi connectivity index (χ3n) is 3.18. The summed E-state index contributed by atoms with van der Waals surface area (Å²) < 4.78 is 0. The number of benzene rings is 1. The Morgan fingerprint density at radius 3 is 2.53 bits per heavy atom. The fourth-order valence-corrected chi connectivity index (χ4v) is 1.60. The van der Waals surface area contributed by atoms with Gasteiger partial charge in [-0.1, -0.05) is 13.0 Å². The largest absolute Gasteiger partial charge is 0.330 e. The first-order valence-corrected chi connectivity index (χ1v) is 5.99. The lowest BCUT2D eigenvalue weighted by Crippen LogP contribution is -2.29. The van der Waals surface area contributed by atoms with Crippen molar-refractivity contribution in [2.75, 3.05) is 18.5 Å². The van der Waals surface area contributed by atoms with Gasteiger partial charge >= 0.3 is 0 Å². The first-order valence-electron chi connectivity index (χ1n) is 5.99. The molecule has 1 rings (SSSR count). The number of nitrogens with two attached hydrogens (primary N) is 1. The van der Waals surface area contributed by atoms with E-state index in [1.807, 2.05) is 32.2 Å². The minimum atomic E-state index is 0.117. The van der Waals surface area contributed by atoms with Crippen LogP contribution in [0.25, 0.3) is 0 Å². The number of carbonyl (C=O) groups is 1. The molecule has 0 fully saturated rings. The highest BCUT2D eigenvalue weighted by Gasteiger charge is 2.14. The number of aryl methyl sites for hydroxylation is 2. The summed E-state index contributed by atoms with van der Waals surface area (Å²) in [6.07, 6.45) is 0.500. The van der Waals surface area contributed by atoms with Crippen molar-refractivity contribution in [1.82, 2.24) is 0 Å². The quantitative estimate of drug-likeness (QED) is 0.868. The van der Waals surface area contributed by atoms with Gasteiger partial charge in [-0.25, -0.2) is 0 Å². The standard InChI is InChI=1S/C14H22N2O/c1-10(9-15)7-14(17)16(4)13-6-5-11(2)12(3)8-13/h5-6,8,10H,7,9,15H2,1-4H3. The molecule has 2 N–H and O–H groups in total. The smallest absolute Gasteiger partial charge is 0.227 e. The van der Waals surface area contributed by atoms with Crippen molar-refractivity contribution in [3.05, 3.63) is 29.3 Å². The fraction of sp³-hybridized carbons (Fsp3) is 0.500. The zero-order valence-electron chi connectivity index (χ0n) is 11.2. The van der Waals surface area contributed by atoms with Crippen molar-refractivity contribution < 1.29 is 4.79 Å². The molecule has 0 heterocycles. The molecule has 3 nitrogen and oxygen atoms in total. The van der Waals surface area contributed by atoms with Crippen LogP contribution in [0, 0.1) is 19.8 Å². The first kappa shape index (κ1) is 13.7. The normalized spacial score (nSPS) is 12.3. The first-order chi connectivity index (χ1) is 7.95. The summed E-state index contributed by atoms with van der Waals surface area (Å²) in [5.41, 5.74) is 8.92. The van der Waals surface area contributed by atoms with Gasteiger partial charge in [-0.05, 0) is 49.6 Å². The van der Waals surface area contributed by atoms with Crippen molar-refractivity contribution in [2.24, 2.45) is 11.7 Å².